The summed E-state index contributed by atoms with van der Waals surface area (Å²) in [6, 6.07) is 10.3. The second-order valence-corrected chi connectivity index (χ2v) is 7.98. The summed E-state index contributed by atoms with van der Waals surface area (Å²) in [6.45, 7) is 0.662. The molecule has 1 aromatic heterocycles. The minimum Gasteiger partial charge on any atom is -0.493 e. The quantitative estimate of drug-likeness (QED) is 0.585. The molecule has 9 heteroatoms. The molecule has 0 spiro atoms. The smallest absolute Gasteiger partial charge is 0.261 e. The third-order valence-corrected chi connectivity index (χ3v) is 6.02. The predicted octanol–water partition coefficient (Wildman–Crippen LogP) is 1.63. The highest BCUT2D eigenvalue weighted by Gasteiger charge is 2.32. The number of carbonyl (C=O) groups is 2. The lowest BCUT2D eigenvalue weighted by molar-refractivity contribution is -0.140. The van der Waals surface area contributed by atoms with Crippen molar-refractivity contribution in [2.24, 2.45) is 5.73 Å². The maximum Gasteiger partial charge on any atom is 0.261 e. The Morgan fingerprint density at radius 2 is 1.82 bits per heavy atom. The van der Waals surface area contributed by atoms with Gasteiger partial charge in [-0.05, 0) is 23.6 Å². The summed E-state index contributed by atoms with van der Waals surface area (Å²) in [5.41, 5.74) is 7.91. The highest BCUT2D eigenvalue weighted by molar-refractivity contribution is 5.87. The number of hydrogen-bond acceptors (Lipinski definition) is 6. The van der Waals surface area contributed by atoms with E-state index in [1.54, 1.807) is 17.0 Å². The fourth-order valence-electron chi connectivity index (χ4n) is 4.23. The number of hydrogen-bond donors (Lipinski definition) is 1. The Morgan fingerprint density at radius 1 is 1.12 bits per heavy atom. The molecule has 0 unspecified atom stereocenters. The molecule has 9 nitrogen and oxygen atoms in total. The van der Waals surface area contributed by atoms with Gasteiger partial charge in [-0.15, -0.1) is 0 Å². The zero-order chi connectivity index (χ0) is 23.5. The molecule has 2 heterocycles. The van der Waals surface area contributed by atoms with Crippen molar-refractivity contribution in [2.45, 2.75) is 38.4 Å². The first kappa shape index (κ1) is 22.3. The van der Waals surface area contributed by atoms with Gasteiger partial charge < -0.3 is 20.1 Å². The van der Waals surface area contributed by atoms with Crippen LogP contribution in [0.25, 0.3) is 10.9 Å². The average Bonchev–Trinajstić information content (AvgIpc) is 2.83. The molecule has 2 N–H and O–H groups in total. The van der Waals surface area contributed by atoms with Gasteiger partial charge in [0, 0.05) is 32.0 Å². The Labute approximate surface area is 190 Å². The molecule has 33 heavy (non-hydrogen) atoms. The van der Waals surface area contributed by atoms with Gasteiger partial charge in [-0.1, -0.05) is 24.3 Å². The van der Waals surface area contributed by atoms with E-state index in [2.05, 4.69) is 4.98 Å². The number of nitrogens with two attached hydrogens (primary N) is 1. The van der Waals surface area contributed by atoms with E-state index in [4.69, 9.17) is 15.2 Å². The van der Waals surface area contributed by atoms with Crippen LogP contribution in [0, 0.1) is 0 Å². The molecular formula is C24H26N4O5. The maximum atomic E-state index is 12.9. The SMILES string of the molecule is COc1cc2ncn(CCCC(=O)N3Cc4ccccc4C[C@H]3C(N)=O)c(=O)c2cc1OC. The monoisotopic (exact) mass is 450 g/mol. The number of primary amides is 1. The van der Waals surface area contributed by atoms with Gasteiger partial charge in [0.15, 0.2) is 11.5 Å². The van der Waals surface area contributed by atoms with Crippen LogP contribution in [-0.2, 0) is 29.1 Å². The number of methoxy groups -OCH3 is 2. The predicted molar refractivity (Wildman–Crippen MR) is 122 cm³/mol. The molecule has 2 aromatic carbocycles. The van der Waals surface area contributed by atoms with Crippen molar-refractivity contribution < 1.29 is 19.1 Å². The van der Waals surface area contributed by atoms with Gasteiger partial charge in [-0.3, -0.25) is 19.0 Å². The standard InChI is InChI=1S/C24H26N4O5/c1-32-20-11-17-18(12-21(20)33-2)26-14-27(24(17)31)9-5-8-22(29)28-13-16-7-4-3-6-15(16)10-19(28)23(25)30/h3-4,6-7,11-12,14,19H,5,8-10,13H2,1-2H3,(H2,25,30)/t19-/m0/s1. The van der Waals surface area contributed by atoms with Crippen LogP contribution in [0.2, 0.25) is 0 Å². The number of amides is 2. The van der Waals surface area contributed by atoms with E-state index in [0.29, 0.717) is 48.3 Å². The van der Waals surface area contributed by atoms with Crippen molar-refractivity contribution in [1.29, 1.82) is 0 Å². The summed E-state index contributed by atoms with van der Waals surface area (Å²) >= 11 is 0. The molecule has 0 saturated heterocycles. The first-order chi connectivity index (χ1) is 15.9. The fourth-order valence-corrected chi connectivity index (χ4v) is 4.23. The maximum absolute atomic E-state index is 12.9. The summed E-state index contributed by atoms with van der Waals surface area (Å²) < 4.78 is 12.0. The van der Waals surface area contributed by atoms with Gasteiger partial charge in [0.25, 0.3) is 5.56 Å². The number of rotatable bonds is 7. The van der Waals surface area contributed by atoms with Crippen molar-refractivity contribution in [3.05, 3.63) is 64.2 Å². The van der Waals surface area contributed by atoms with E-state index in [-0.39, 0.29) is 17.9 Å². The Bertz CT molecular complexity index is 1270. The minimum atomic E-state index is -0.667. The van der Waals surface area contributed by atoms with E-state index in [1.807, 2.05) is 24.3 Å². The van der Waals surface area contributed by atoms with Crippen LogP contribution >= 0.6 is 0 Å². The van der Waals surface area contributed by atoms with Gasteiger partial charge in [0.05, 0.1) is 31.4 Å². The number of aryl methyl sites for hydroxylation is 1. The molecule has 0 aliphatic carbocycles. The summed E-state index contributed by atoms with van der Waals surface area (Å²) in [4.78, 5) is 43.8. The third kappa shape index (κ3) is 4.39. The molecule has 0 radical (unpaired) electrons. The van der Waals surface area contributed by atoms with Crippen LogP contribution in [0.3, 0.4) is 0 Å². The Balaban J connectivity index is 1.47. The van der Waals surface area contributed by atoms with E-state index < -0.39 is 11.9 Å². The third-order valence-electron chi connectivity index (χ3n) is 6.02. The zero-order valence-electron chi connectivity index (χ0n) is 18.6. The number of aromatic nitrogens is 2. The van der Waals surface area contributed by atoms with Crippen molar-refractivity contribution >= 4 is 22.7 Å². The fraction of sp³-hybridized carbons (Fsp3) is 0.333. The molecule has 4 rings (SSSR count). The normalized spacial score (nSPS) is 15.2. The van der Waals surface area contributed by atoms with Crippen molar-refractivity contribution in [3.63, 3.8) is 0 Å². The topological polar surface area (TPSA) is 117 Å². The Kier molecular flexibility index (Phi) is 6.30. The molecular weight excluding hydrogens is 424 g/mol. The first-order valence-electron chi connectivity index (χ1n) is 10.7. The number of ether oxygens (including phenoxy) is 2. The van der Waals surface area contributed by atoms with Crippen LogP contribution in [0.1, 0.15) is 24.0 Å². The number of fused-ring (bicyclic) bond motifs is 2. The van der Waals surface area contributed by atoms with Crippen LogP contribution in [-0.4, -0.2) is 46.5 Å². The van der Waals surface area contributed by atoms with Crippen LogP contribution in [0.5, 0.6) is 11.5 Å². The van der Waals surface area contributed by atoms with Crippen LogP contribution in [0.4, 0.5) is 0 Å². The number of nitrogens with zero attached hydrogens (tertiary/aromatic N) is 3. The van der Waals surface area contributed by atoms with Crippen LogP contribution in [0.15, 0.2) is 47.5 Å². The van der Waals surface area contributed by atoms with Gasteiger partial charge in [-0.2, -0.15) is 0 Å². The second kappa shape index (κ2) is 9.32. The largest absolute Gasteiger partial charge is 0.493 e. The van der Waals surface area contributed by atoms with E-state index >= 15 is 0 Å². The lowest BCUT2D eigenvalue weighted by atomic mass is 9.93. The van der Waals surface area contributed by atoms with Crippen molar-refractivity contribution in [3.8, 4) is 11.5 Å². The van der Waals surface area contributed by atoms with Gasteiger partial charge in [0.1, 0.15) is 6.04 Å². The lowest BCUT2D eigenvalue weighted by Gasteiger charge is -2.35. The Hall–Kier alpha value is -3.88. The minimum absolute atomic E-state index is 0.165. The Morgan fingerprint density at radius 3 is 2.52 bits per heavy atom. The molecule has 172 valence electrons. The first-order valence-corrected chi connectivity index (χ1v) is 10.7. The molecule has 1 aliphatic rings. The summed E-state index contributed by atoms with van der Waals surface area (Å²) in [5, 5.41) is 0.405. The molecule has 3 aromatic rings. The molecule has 0 fully saturated rings. The highest BCUT2D eigenvalue weighted by atomic mass is 16.5. The van der Waals surface area contributed by atoms with E-state index in [1.165, 1.54) is 25.1 Å². The highest BCUT2D eigenvalue weighted by Crippen LogP contribution is 2.30. The van der Waals surface area contributed by atoms with Crippen LogP contribution < -0.4 is 20.8 Å². The molecule has 2 amide bonds. The van der Waals surface area contributed by atoms with E-state index in [0.717, 1.165) is 11.1 Å². The summed E-state index contributed by atoms with van der Waals surface area (Å²) in [5.74, 6) is 0.255. The zero-order valence-corrected chi connectivity index (χ0v) is 18.6. The van der Waals surface area contributed by atoms with Crippen molar-refractivity contribution in [1.82, 2.24) is 14.5 Å². The average molecular weight is 450 g/mol. The number of carbonyl (C=O) groups excluding carboxylic acids is 2. The molecule has 0 saturated carbocycles. The molecule has 1 atom stereocenters. The lowest BCUT2D eigenvalue weighted by Crippen LogP contribution is -2.51. The second-order valence-electron chi connectivity index (χ2n) is 7.98. The van der Waals surface area contributed by atoms with Gasteiger partial charge >= 0.3 is 0 Å². The van der Waals surface area contributed by atoms with Gasteiger partial charge in [-0.25, -0.2) is 4.98 Å². The van der Waals surface area contributed by atoms with Gasteiger partial charge in [0.2, 0.25) is 11.8 Å². The molecule has 0 bridgehead atoms. The van der Waals surface area contributed by atoms with E-state index in [9.17, 15) is 14.4 Å². The molecule has 1 aliphatic heterocycles. The summed E-state index contributed by atoms with van der Waals surface area (Å²) in [6.07, 6.45) is 2.48. The summed E-state index contributed by atoms with van der Waals surface area (Å²) in [7, 11) is 3.02. The van der Waals surface area contributed by atoms with Crippen molar-refractivity contribution in [2.75, 3.05) is 14.2 Å². The number of benzene rings is 2.